The second kappa shape index (κ2) is 15.6. The maximum atomic E-state index is 13.8. The normalized spacial score (nSPS) is 12.0. The van der Waals surface area contributed by atoms with Crippen LogP contribution in [0.5, 0.6) is 0 Å². The highest BCUT2D eigenvalue weighted by Crippen LogP contribution is 2.30. The minimum Gasteiger partial charge on any atom is -0.436 e. The molecule has 7 rings (SSSR count). The molecule has 1 aromatic heterocycles. The first kappa shape index (κ1) is 34.0. The lowest BCUT2D eigenvalue weighted by Gasteiger charge is -2.16. The molecule has 0 radical (unpaired) electrons. The van der Waals surface area contributed by atoms with Crippen LogP contribution < -0.4 is 16.0 Å². The van der Waals surface area contributed by atoms with E-state index < -0.39 is 17.1 Å². The number of rotatable bonds is 11. The number of thioether (sulfide) groups is 1. The number of nitrogens with one attached hydrogen (secondary N) is 3. The van der Waals surface area contributed by atoms with Gasteiger partial charge in [0.05, 0.1) is 5.25 Å². The van der Waals surface area contributed by atoms with E-state index in [1.165, 1.54) is 11.8 Å². The van der Waals surface area contributed by atoms with Crippen molar-refractivity contribution < 1.29 is 18.8 Å². The van der Waals surface area contributed by atoms with Gasteiger partial charge in [0, 0.05) is 27.4 Å². The quantitative estimate of drug-likeness (QED) is 0.0914. The predicted molar refractivity (Wildman–Crippen MR) is 209 cm³/mol. The summed E-state index contributed by atoms with van der Waals surface area (Å²) >= 11 is 1.41. The first-order valence-corrected chi connectivity index (χ1v) is 17.7. The molecule has 0 spiro atoms. The summed E-state index contributed by atoms with van der Waals surface area (Å²) in [6.07, 6.45) is 2.27. The average molecular weight is 703 g/mol. The van der Waals surface area contributed by atoms with E-state index >= 15 is 0 Å². The number of benzene rings is 6. The van der Waals surface area contributed by atoms with Gasteiger partial charge in [-0.05, 0) is 95.6 Å². The molecule has 52 heavy (non-hydrogen) atoms. The van der Waals surface area contributed by atoms with Gasteiger partial charge in [-0.3, -0.25) is 14.4 Å². The maximum Gasteiger partial charge on any atom is 0.272 e. The second-order valence-corrected chi connectivity index (χ2v) is 13.3. The fourth-order valence-electron chi connectivity index (χ4n) is 5.72. The Kier molecular flexibility index (Phi) is 10.2. The van der Waals surface area contributed by atoms with E-state index in [1.807, 2.05) is 122 Å². The van der Waals surface area contributed by atoms with Gasteiger partial charge in [-0.1, -0.05) is 85.8 Å². The van der Waals surface area contributed by atoms with Crippen molar-refractivity contribution in [1.29, 1.82) is 0 Å². The minimum absolute atomic E-state index is 0.0937. The molecule has 0 bridgehead atoms. The number of anilines is 2. The summed E-state index contributed by atoms with van der Waals surface area (Å²) in [7, 11) is 0. The Bertz CT molecular complexity index is 2380. The lowest BCUT2D eigenvalue weighted by atomic mass is 10.0. The summed E-state index contributed by atoms with van der Waals surface area (Å²) in [6, 6.07) is 44.8. The summed E-state index contributed by atoms with van der Waals surface area (Å²) in [5.41, 5.74) is 4.81. The average Bonchev–Trinajstić information content (AvgIpc) is 3.62. The fraction of sp³-hybridized carbons (Fsp3) is 0.0698. The van der Waals surface area contributed by atoms with Crippen molar-refractivity contribution in [1.82, 2.24) is 10.3 Å². The molecule has 1 heterocycles. The van der Waals surface area contributed by atoms with E-state index in [-0.39, 0.29) is 11.6 Å². The minimum atomic E-state index is -0.481. The molecule has 8 nitrogen and oxygen atoms in total. The molecule has 0 aliphatic heterocycles. The summed E-state index contributed by atoms with van der Waals surface area (Å²) in [5, 5.41) is 10.4. The summed E-state index contributed by atoms with van der Waals surface area (Å²) < 4.78 is 5.87. The van der Waals surface area contributed by atoms with Crippen LogP contribution in [0.3, 0.4) is 0 Å². The number of fused-ring (bicyclic) bond motifs is 2. The van der Waals surface area contributed by atoms with Crippen molar-refractivity contribution in [2.45, 2.75) is 23.5 Å². The molecule has 256 valence electrons. The number of carbonyl (C=O) groups excluding carboxylic acids is 3. The Morgan fingerprint density at radius 3 is 2.29 bits per heavy atom. The molecule has 3 N–H and O–H groups in total. The number of amides is 3. The maximum absolute atomic E-state index is 13.8. The molecule has 0 saturated heterocycles. The van der Waals surface area contributed by atoms with Gasteiger partial charge in [0.25, 0.3) is 11.8 Å². The van der Waals surface area contributed by atoms with E-state index in [2.05, 4.69) is 20.9 Å². The molecule has 0 aliphatic carbocycles. The van der Waals surface area contributed by atoms with Crippen LogP contribution in [0.2, 0.25) is 0 Å². The smallest absolute Gasteiger partial charge is 0.272 e. The van der Waals surface area contributed by atoms with Crippen molar-refractivity contribution in [2.24, 2.45) is 0 Å². The zero-order valence-corrected chi connectivity index (χ0v) is 29.0. The van der Waals surface area contributed by atoms with Crippen LogP contribution >= 0.6 is 11.8 Å². The van der Waals surface area contributed by atoms with E-state index in [1.54, 1.807) is 36.4 Å². The van der Waals surface area contributed by atoms with Gasteiger partial charge in [0.15, 0.2) is 5.58 Å². The molecule has 1 unspecified atom stereocenters. The zero-order chi connectivity index (χ0) is 35.9. The third-order valence-electron chi connectivity index (χ3n) is 8.38. The fourth-order valence-corrected chi connectivity index (χ4v) is 6.73. The van der Waals surface area contributed by atoms with Gasteiger partial charge in [-0.2, -0.15) is 0 Å². The van der Waals surface area contributed by atoms with Crippen molar-refractivity contribution in [3.63, 3.8) is 0 Å². The van der Waals surface area contributed by atoms with Crippen molar-refractivity contribution in [3.8, 4) is 11.5 Å². The molecule has 9 heteroatoms. The van der Waals surface area contributed by atoms with E-state index in [0.29, 0.717) is 34.8 Å². The van der Waals surface area contributed by atoms with Crippen LogP contribution in [-0.2, 0) is 9.59 Å². The van der Waals surface area contributed by atoms with Crippen LogP contribution in [0, 0.1) is 0 Å². The summed E-state index contributed by atoms with van der Waals surface area (Å²) in [6.45, 7) is 1.96. The Morgan fingerprint density at radius 1 is 0.750 bits per heavy atom. The number of nitrogens with zero attached hydrogens (tertiary/aromatic N) is 1. The van der Waals surface area contributed by atoms with Crippen molar-refractivity contribution >= 4 is 68.8 Å². The second-order valence-electron chi connectivity index (χ2n) is 12.0. The van der Waals surface area contributed by atoms with Gasteiger partial charge in [0.2, 0.25) is 11.8 Å². The molecular formula is C43H34N4O4S. The SMILES string of the molecule is CCC(Sc1cccc(NC(=O)/C(=C\c2cccc3ccccc23)NC(=O)c2ccccc2)c1)C(=O)Nc1ccc(-c2nc3ccccc3o2)cc1. The predicted octanol–water partition coefficient (Wildman–Crippen LogP) is 9.57. The van der Waals surface area contributed by atoms with E-state index in [0.717, 1.165) is 32.3 Å². The lowest BCUT2D eigenvalue weighted by molar-refractivity contribution is -0.116. The van der Waals surface area contributed by atoms with Crippen LogP contribution in [0.15, 0.2) is 161 Å². The molecular weight excluding hydrogens is 669 g/mol. The lowest BCUT2D eigenvalue weighted by Crippen LogP contribution is -2.30. The van der Waals surface area contributed by atoms with E-state index in [4.69, 9.17) is 4.42 Å². The first-order chi connectivity index (χ1) is 25.4. The van der Waals surface area contributed by atoms with Gasteiger partial charge >= 0.3 is 0 Å². The van der Waals surface area contributed by atoms with Crippen LogP contribution in [0.1, 0.15) is 29.3 Å². The number of hydrogen-bond acceptors (Lipinski definition) is 6. The van der Waals surface area contributed by atoms with Crippen LogP contribution in [0.4, 0.5) is 11.4 Å². The zero-order valence-electron chi connectivity index (χ0n) is 28.2. The Balaban J connectivity index is 1.05. The van der Waals surface area contributed by atoms with Crippen molar-refractivity contribution in [2.75, 3.05) is 10.6 Å². The molecule has 7 aromatic rings. The first-order valence-electron chi connectivity index (χ1n) is 16.8. The van der Waals surface area contributed by atoms with E-state index in [9.17, 15) is 14.4 Å². The summed E-state index contributed by atoms with van der Waals surface area (Å²) in [5.74, 6) is -0.502. The molecule has 0 fully saturated rings. The van der Waals surface area contributed by atoms with Gasteiger partial charge in [-0.15, -0.1) is 11.8 Å². The number of aromatic nitrogens is 1. The highest BCUT2D eigenvalue weighted by Gasteiger charge is 2.20. The molecule has 1 atom stereocenters. The highest BCUT2D eigenvalue weighted by atomic mass is 32.2. The Morgan fingerprint density at radius 2 is 1.48 bits per heavy atom. The Hall–Kier alpha value is -6.45. The summed E-state index contributed by atoms with van der Waals surface area (Å²) in [4.78, 5) is 45.7. The van der Waals surface area contributed by atoms with Crippen molar-refractivity contribution in [3.05, 3.63) is 162 Å². The van der Waals surface area contributed by atoms with Gasteiger partial charge in [0.1, 0.15) is 11.2 Å². The third kappa shape index (κ3) is 7.96. The number of para-hydroxylation sites is 2. The third-order valence-corrected chi connectivity index (χ3v) is 9.74. The standard InChI is InChI=1S/C43H34N4O4S/c1-2-39(42(50)44-32-24-22-30(23-25-32)43-47-36-20-8-9-21-38(36)51-43)52-34-18-11-17-33(27-34)45-41(49)37(46-40(48)29-13-4-3-5-14-29)26-31-16-10-15-28-12-6-7-19-35(28)31/h3-27,39H,2H2,1H3,(H,44,50)(H,45,49)(H,46,48)/b37-26+. The highest BCUT2D eigenvalue weighted by molar-refractivity contribution is 8.00. The molecule has 3 amide bonds. The molecule has 6 aromatic carbocycles. The largest absolute Gasteiger partial charge is 0.436 e. The monoisotopic (exact) mass is 702 g/mol. The molecule has 0 aliphatic rings. The topological polar surface area (TPSA) is 113 Å². The van der Waals surface area contributed by atoms with Crippen LogP contribution in [-0.4, -0.2) is 28.0 Å². The number of oxazole rings is 1. The van der Waals surface area contributed by atoms with Gasteiger partial charge in [-0.25, -0.2) is 4.98 Å². The van der Waals surface area contributed by atoms with Crippen LogP contribution in [0.25, 0.3) is 39.4 Å². The Labute approximate surface area is 305 Å². The number of hydrogen-bond donors (Lipinski definition) is 3. The molecule has 0 saturated carbocycles. The number of carbonyl (C=O) groups is 3. The van der Waals surface area contributed by atoms with Gasteiger partial charge < -0.3 is 20.4 Å².